The van der Waals surface area contributed by atoms with E-state index in [0.717, 1.165) is 36.9 Å². The Hall–Kier alpha value is -2.88. The third-order valence-electron chi connectivity index (χ3n) is 5.22. The number of aromatic nitrogens is 4. The van der Waals surface area contributed by atoms with Crippen LogP contribution in [-0.4, -0.2) is 43.7 Å². The number of H-pyrrole nitrogens is 1. The zero-order valence-corrected chi connectivity index (χ0v) is 17.1. The number of anilines is 3. The molecule has 1 aliphatic carbocycles. The van der Waals surface area contributed by atoms with Crippen LogP contribution in [0, 0.1) is 0 Å². The van der Waals surface area contributed by atoms with E-state index in [1.807, 2.05) is 18.2 Å². The first-order valence-corrected chi connectivity index (χ1v) is 10.3. The summed E-state index contributed by atoms with van der Waals surface area (Å²) < 4.78 is 0. The summed E-state index contributed by atoms with van der Waals surface area (Å²) in [6.07, 6.45) is 6.23. The molecule has 1 aliphatic rings. The Morgan fingerprint density at radius 2 is 1.90 bits per heavy atom. The van der Waals surface area contributed by atoms with Crippen molar-refractivity contribution < 1.29 is 5.11 Å². The third-order valence-corrected chi connectivity index (χ3v) is 5.55. The van der Waals surface area contributed by atoms with Crippen LogP contribution >= 0.6 is 11.6 Å². The minimum absolute atomic E-state index is 0.214. The zero-order valence-electron chi connectivity index (χ0n) is 16.3. The van der Waals surface area contributed by atoms with Gasteiger partial charge in [0.1, 0.15) is 5.82 Å². The second-order valence-corrected chi connectivity index (χ2v) is 7.76. The summed E-state index contributed by atoms with van der Waals surface area (Å²) in [5.74, 6) is 1.06. The van der Waals surface area contributed by atoms with Crippen molar-refractivity contribution >= 4 is 29.1 Å². The fourth-order valence-corrected chi connectivity index (χ4v) is 3.85. The molecule has 10 heteroatoms. The molecule has 4 rings (SSSR count). The van der Waals surface area contributed by atoms with Crippen molar-refractivity contribution in [2.45, 2.75) is 44.1 Å². The van der Waals surface area contributed by atoms with E-state index in [2.05, 4.69) is 36.1 Å². The third kappa shape index (κ3) is 4.99. The molecule has 1 fully saturated rings. The number of benzene rings is 1. The van der Waals surface area contributed by atoms with Crippen LogP contribution < -0.4 is 21.7 Å². The normalized spacial score (nSPS) is 19.9. The highest BCUT2D eigenvalue weighted by molar-refractivity contribution is 6.33. The predicted octanol–water partition coefficient (Wildman–Crippen LogP) is 2.80. The average Bonchev–Trinajstić information content (AvgIpc) is 3.17. The summed E-state index contributed by atoms with van der Waals surface area (Å²) in [6, 6.07) is 9.63. The number of halogens is 1. The molecule has 0 bridgehead atoms. The molecule has 1 saturated carbocycles. The van der Waals surface area contributed by atoms with Crippen LogP contribution in [0.15, 0.2) is 42.7 Å². The van der Waals surface area contributed by atoms with Gasteiger partial charge in [0, 0.05) is 18.3 Å². The molecule has 9 nitrogen and oxygen atoms in total. The Kier molecular flexibility index (Phi) is 6.32. The average molecular weight is 429 g/mol. The maximum Gasteiger partial charge on any atom is 0.223 e. The van der Waals surface area contributed by atoms with Gasteiger partial charge in [-0.3, -0.25) is 10.4 Å². The summed E-state index contributed by atoms with van der Waals surface area (Å²) in [5.41, 5.74) is 8.06. The molecule has 0 radical (unpaired) electrons. The number of aliphatic hydroxyl groups is 1. The minimum Gasteiger partial charge on any atom is -0.384 e. The molecule has 0 aliphatic heterocycles. The molecule has 30 heavy (non-hydrogen) atoms. The summed E-state index contributed by atoms with van der Waals surface area (Å²) in [6.45, 7) is 0. The summed E-state index contributed by atoms with van der Waals surface area (Å²) >= 11 is 6.13. The van der Waals surface area contributed by atoms with Crippen molar-refractivity contribution in [2.75, 3.05) is 16.4 Å². The van der Waals surface area contributed by atoms with Gasteiger partial charge in [-0.05, 0) is 43.9 Å². The molecule has 158 valence electrons. The van der Waals surface area contributed by atoms with E-state index in [1.165, 1.54) is 0 Å². The highest BCUT2D eigenvalue weighted by Crippen LogP contribution is 2.25. The van der Waals surface area contributed by atoms with Crippen molar-refractivity contribution in [2.24, 2.45) is 0 Å². The lowest BCUT2D eigenvalue weighted by atomic mass is 9.91. The number of hydrogen-bond acceptors (Lipinski definition) is 8. The van der Waals surface area contributed by atoms with Gasteiger partial charge in [-0.1, -0.05) is 23.7 Å². The SMILES string of the molecule is Nc1[nH]ncc1-c1ccnc(NC2CCC(NC(O)Nc3ccccc3Cl)CC2)n1. The van der Waals surface area contributed by atoms with E-state index >= 15 is 0 Å². The number of nitrogen functional groups attached to an aromatic ring is 1. The lowest BCUT2D eigenvalue weighted by Crippen LogP contribution is -2.45. The van der Waals surface area contributed by atoms with Gasteiger partial charge in [0.05, 0.1) is 28.2 Å². The van der Waals surface area contributed by atoms with Gasteiger partial charge in [0.15, 0.2) is 6.35 Å². The number of rotatable bonds is 7. The van der Waals surface area contributed by atoms with Gasteiger partial charge < -0.3 is 21.5 Å². The Bertz CT molecular complexity index is 973. The van der Waals surface area contributed by atoms with E-state index in [1.54, 1.807) is 24.5 Å². The van der Waals surface area contributed by atoms with Crippen LogP contribution in [0.4, 0.5) is 17.5 Å². The van der Waals surface area contributed by atoms with Crippen molar-refractivity contribution in [1.29, 1.82) is 0 Å². The van der Waals surface area contributed by atoms with E-state index in [9.17, 15) is 5.11 Å². The standard InChI is InChI=1S/C20H25ClN8O/c21-15-3-1-2-4-17(15)28-20(30)26-13-7-5-12(6-8-13)25-19-23-10-9-16(27-19)14-11-24-29-18(14)22/h1-4,9-13,20,26,28,30H,5-8H2,(H3,22,24,29)(H,23,25,27). The first kappa shape index (κ1) is 20.4. The molecule has 2 aromatic heterocycles. The first-order valence-electron chi connectivity index (χ1n) is 9.92. The molecule has 0 spiro atoms. The Labute approximate surface area is 179 Å². The summed E-state index contributed by atoms with van der Waals surface area (Å²) in [4.78, 5) is 8.88. The maximum atomic E-state index is 10.3. The second kappa shape index (κ2) is 9.29. The largest absolute Gasteiger partial charge is 0.384 e. The zero-order chi connectivity index (χ0) is 20.9. The fourth-order valence-electron chi connectivity index (χ4n) is 3.66. The van der Waals surface area contributed by atoms with Crippen LogP contribution in [0.3, 0.4) is 0 Å². The van der Waals surface area contributed by atoms with E-state index < -0.39 is 6.35 Å². The maximum absolute atomic E-state index is 10.3. The molecule has 0 saturated heterocycles. The molecule has 1 atom stereocenters. The van der Waals surface area contributed by atoms with Gasteiger partial charge in [-0.15, -0.1) is 0 Å². The number of nitrogens with one attached hydrogen (secondary N) is 4. The quantitative estimate of drug-likeness (QED) is 0.316. The van der Waals surface area contributed by atoms with Crippen LogP contribution in [0.1, 0.15) is 25.7 Å². The Morgan fingerprint density at radius 3 is 2.63 bits per heavy atom. The Balaban J connectivity index is 1.27. The number of aromatic amines is 1. The van der Waals surface area contributed by atoms with Crippen molar-refractivity contribution in [3.63, 3.8) is 0 Å². The van der Waals surface area contributed by atoms with Crippen LogP contribution in [0.2, 0.25) is 5.02 Å². The summed E-state index contributed by atoms with van der Waals surface area (Å²) in [7, 11) is 0. The molecule has 2 heterocycles. The molecule has 3 aromatic rings. The molecule has 1 aromatic carbocycles. The number of hydrogen-bond donors (Lipinski definition) is 6. The van der Waals surface area contributed by atoms with Crippen LogP contribution in [0.5, 0.6) is 0 Å². The molecule has 1 unspecified atom stereocenters. The van der Waals surface area contributed by atoms with Crippen LogP contribution in [0.25, 0.3) is 11.3 Å². The minimum atomic E-state index is -0.861. The van der Waals surface area contributed by atoms with Crippen molar-refractivity contribution in [3.8, 4) is 11.3 Å². The highest BCUT2D eigenvalue weighted by Gasteiger charge is 2.23. The highest BCUT2D eigenvalue weighted by atomic mass is 35.5. The molecule has 7 N–H and O–H groups in total. The fraction of sp³-hybridized carbons (Fsp3) is 0.350. The lowest BCUT2D eigenvalue weighted by Gasteiger charge is -2.31. The first-order chi connectivity index (χ1) is 14.6. The number of para-hydroxylation sites is 1. The Morgan fingerprint density at radius 1 is 1.13 bits per heavy atom. The number of aliphatic hydroxyl groups excluding tert-OH is 1. The second-order valence-electron chi connectivity index (χ2n) is 7.35. The van der Waals surface area contributed by atoms with E-state index in [-0.39, 0.29) is 12.1 Å². The van der Waals surface area contributed by atoms with Crippen LogP contribution in [-0.2, 0) is 0 Å². The van der Waals surface area contributed by atoms with Crippen molar-refractivity contribution in [3.05, 3.63) is 47.7 Å². The van der Waals surface area contributed by atoms with Gasteiger partial charge >= 0.3 is 0 Å². The topological polar surface area (TPSA) is 137 Å². The van der Waals surface area contributed by atoms with Gasteiger partial charge in [0.25, 0.3) is 0 Å². The predicted molar refractivity (Wildman–Crippen MR) is 118 cm³/mol. The molecule has 0 amide bonds. The number of nitrogens with two attached hydrogens (primary N) is 1. The van der Waals surface area contributed by atoms with Crippen molar-refractivity contribution in [1.82, 2.24) is 25.5 Å². The van der Waals surface area contributed by atoms with E-state index in [0.29, 0.717) is 22.5 Å². The van der Waals surface area contributed by atoms with E-state index in [4.69, 9.17) is 17.3 Å². The van der Waals surface area contributed by atoms with Gasteiger partial charge in [0.2, 0.25) is 5.95 Å². The number of nitrogens with zero attached hydrogens (tertiary/aromatic N) is 3. The summed E-state index contributed by atoms with van der Waals surface area (Å²) in [5, 5.41) is 27.1. The molecular formula is C20H25ClN8O. The van der Waals surface area contributed by atoms with Gasteiger partial charge in [-0.2, -0.15) is 5.10 Å². The lowest BCUT2D eigenvalue weighted by molar-refractivity contribution is 0.137. The molecular weight excluding hydrogens is 404 g/mol. The monoisotopic (exact) mass is 428 g/mol. The smallest absolute Gasteiger partial charge is 0.223 e. The van der Waals surface area contributed by atoms with Gasteiger partial charge in [-0.25, -0.2) is 9.97 Å².